The molecule has 4 amide bonds. The fraction of sp³-hybridized carbons (Fsp3) is 0.532. The van der Waals surface area contributed by atoms with E-state index in [2.05, 4.69) is 143 Å². The molecule has 3 radical (unpaired) electrons. The van der Waals surface area contributed by atoms with Crippen LogP contribution in [0.4, 0.5) is 50.3 Å². The number of aliphatic hydroxyl groups is 2. The summed E-state index contributed by atoms with van der Waals surface area (Å²) < 4.78 is 103. The first kappa shape index (κ1) is 152. The topological polar surface area (TPSA) is 324 Å². The number of nitrogens with zero attached hydrogens (tertiary/aromatic N) is 4. The summed E-state index contributed by atoms with van der Waals surface area (Å²) in [4.78, 5) is 100. The van der Waals surface area contributed by atoms with Crippen LogP contribution >= 0.6 is 23.2 Å². The summed E-state index contributed by atoms with van der Waals surface area (Å²) in [6, 6.07) is 35.1. The zero-order chi connectivity index (χ0) is 109. The fourth-order valence-electron chi connectivity index (χ4n) is 13.0. The zero-order valence-corrected chi connectivity index (χ0v) is 100. The van der Waals surface area contributed by atoms with Gasteiger partial charge in [0.2, 0.25) is 0 Å². The Hall–Kier alpha value is -6.84. The van der Waals surface area contributed by atoms with Crippen molar-refractivity contribution >= 4 is 102 Å². The molecule has 9 atom stereocenters. The van der Waals surface area contributed by atoms with Crippen molar-refractivity contribution in [1.29, 1.82) is 0 Å². The van der Waals surface area contributed by atoms with Crippen LogP contribution in [-0.4, -0.2) is 222 Å². The van der Waals surface area contributed by atoms with Gasteiger partial charge in [-0.3, -0.25) is 14.4 Å². The van der Waals surface area contributed by atoms with E-state index in [0.29, 0.717) is 118 Å². The standard InChI is InChI=1S/C20H30FNO3.C19H26FNO2.C18H26FNO3.C17H24FNO3.C15H22FNO.C9H8ClFO.C6H15N.C3H5.C2H3ClO2.B.BrH.Mg.2Na.H2O3.2H/c1-7-12-20(24,16-8-10-17(21)11-9-16)13-14-22(18(23)25-6)15(2)19(3,4)5;1-6-11-19(15-7-9-16(20)10-8-15)12-13-21(17(22)23-19)14(2)18(3,4)5;1-13(17(2,3)4)20-11-9-18(10-12-21,23-16(20)22)14-5-7-15(19)8-6-14;1-12(17(2,3)4)19(16(21)22-5)11-10-15(20)13-6-8-14(18)9-7-13;1-11(15(2,3)4)17-10-9-14(18)12-5-7-13(16)8-6-12;10-6-5-9(12)7-1-3-8(11)4-2-7;1-5(7)6(2,3)4;1-3-2;1-5-2(3)4;;;;;;1-3-2;;/h7-11,15,24H,1,12-14H2,2-6H3;6-10,14H,1,11-13H2,2-5H3;5-8,13,21H,9-12H2,1-4H3;6-9,12H,10-11H2,1-5H3;5-8,11,17H,9-10H2,1-4H3;1-4H,5-6H2;5H,7H2,1-4H3;3H,1-2H2;1H3;;1H;;;;1-2H;;/q;;;;;;;-1;;;;+2;2*+1;;2*-1/p-1/t15-,20?;14-,19?;13-,18?;12-;11-;;5-;;;;;;;;;;/m00000.0........../s1. The van der Waals surface area contributed by atoms with Gasteiger partial charge in [0.05, 0.1) is 26.9 Å². The van der Waals surface area contributed by atoms with Crippen molar-refractivity contribution in [2.75, 3.05) is 66.5 Å². The molecule has 0 saturated carbocycles. The van der Waals surface area contributed by atoms with Crippen molar-refractivity contribution < 1.29 is 193 Å². The minimum absolute atomic E-state index is 0. The number of aliphatic hydroxyl groups excluding tert-OH is 1. The van der Waals surface area contributed by atoms with E-state index >= 15 is 0 Å². The number of hydrogen-bond acceptors (Lipinski definition) is 20. The Morgan fingerprint density at radius 2 is 0.815 bits per heavy atom. The molecule has 807 valence electrons. The van der Waals surface area contributed by atoms with E-state index in [1.54, 1.807) is 68.1 Å². The molecule has 0 bridgehead atoms. The number of carbonyl (C=O) groups is 8. The molecule has 3 unspecified atom stereocenters. The van der Waals surface area contributed by atoms with E-state index in [1.807, 2.05) is 76.2 Å². The van der Waals surface area contributed by atoms with E-state index < -0.39 is 34.4 Å². The predicted molar refractivity (Wildman–Crippen MR) is 563 cm³/mol. The Kier molecular flexibility index (Phi) is 77.3. The average Bonchev–Trinajstić information content (AvgIpc) is 0.774. The number of cyclic esters (lactones) is 2. The summed E-state index contributed by atoms with van der Waals surface area (Å²) in [5, 5.41) is 39.3. The van der Waals surface area contributed by atoms with Crippen molar-refractivity contribution in [1.82, 2.24) is 24.9 Å². The van der Waals surface area contributed by atoms with Crippen LogP contribution in [0.25, 0.3) is 0 Å². The number of nitrogens with two attached hydrogens (primary N) is 1. The first-order chi connectivity index (χ1) is 65.2. The summed E-state index contributed by atoms with van der Waals surface area (Å²) in [6.45, 7) is 66.0. The molecular weight excluding hydrogens is 2030 g/mol. The summed E-state index contributed by atoms with van der Waals surface area (Å²) in [7, 11) is 3.89. The largest absolute Gasteiger partial charge is 2.00 e. The van der Waals surface area contributed by atoms with E-state index in [0.717, 1.165) is 11.1 Å². The van der Waals surface area contributed by atoms with Gasteiger partial charge in [0.15, 0.2) is 17.3 Å². The van der Waals surface area contributed by atoms with Crippen LogP contribution < -0.4 is 87.1 Å². The molecule has 24 nitrogen and oxygen atoms in total. The zero-order valence-electron chi connectivity index (χ0n) is 93.8. The van der Waals surface area contributed by atoms with Crippen LogP contribution in [0.1, 0.15) is 275 Å². The van der Waals surface area contributed by atoms with Crippen molar-refractivity contribution in [3.63, 3.8) is 0 Å². The van der Waals surface area contributed by atoms with E-state index in [-0.39, 0.29) is 251 Å². The number of benzene rings is 6. The normalized spacial score (nSPS) is 15.6. The van der Waals surface area contributed by atoms with Gasteiger partial charge in [0.1, 0.15) is 46.1 Å². The van der Waals surface area contributed by atoms with Gasteiger partial charge in [-0.2, -0.15) is 0 Å². The molecule has 2 fully saturated rings. The van der Waals surface area contributed by atoms with Gasteiger partial charge in [-0.05, 0) is 213 Å². The summed E-state index contributed by atoms with van der Waals surface area (Å²) in [6.07, 6.45) is 6.86. The number of nitrogens with one attached hydrogen (secondary N) is 1. The Labute approximate surface area is 952 Å². The summed E-state index contributed by atoms with van der Waals surface area (Å²) in [5.74, 6) is -1.86. The number of hydrogen-bond donors (Lipinski definition) is 6. The maximum absolute atomic E-state index is 13.2. The SMILES string of the molecule is C=CCC(O)(CCN(C(=O)OC)[C@@H](C)C(C)(C)C)c1ccc(F)cc1.C=CCC1(c2ccc(F)cc2)CCN([C@@H](C)C(C)(C)C)C(=O)O1.C=C[CH2-].COC(=O)Cl.COC(=O)N(CCC(=O)c1ccc(F)cc1)[C@@H](C)C(C)(C)C.C[C@H](N)C(C)(C)C.C[C@H](N1CCC(CCO)(c2ccc(F)cc2)OC1=O)C(C)(C)C.C[C@H](NCCC(=O)c1ccc(F)cc1)C(C)(C)C.O=C(CCCl)c1ccc(F)cc1.OOO.[B].[Br-].[H-].[H-].[Mg+2].[Na+].[Na+]. The van der Waals surface area contributed by atoms with Crippen molar-refractivity contribution in [3.8, 4) is 0 Å². The number of methoxy groups -OCH3 is 3. The van der Waals surface area contributed by atoms with Gasteiger partial charge in [0.25, 0.3) is 0 Å². The fourth-order valence-corrected chi connectivity index (χ4v) is 13.1. The van der Waals surface area contributed by atoms with Gasteiger partial charge in [0, 0.05) is 163 Å². The number of Topliss-reactive ketones (excluding diaryl/α,β-unsaturated/α-hetero) is 3. The number of allylic oxidation sites excluding steroid dienone is 1. The van der Waals surface area contributed by atoms with E-state index in [9.17, 15) is 74.9 Å². The van der Waals surface area contributed by atoms with Gasteiger partial charge >= 0.3 is 112 Å². The van der Waals surface area contributed by atoms with E-state index in [4.69, 9.17) is 46.8 Å². The molecule has 2 aliphatic heterocycles. The molecule has 7 N–H and O–H groups in total. The number of ether oxygens (including phenoxy) is 5. The molecule has 8 rings (SSSR count). The van der Waals surface area contributed by atoms with Crippen LogP contribution in [0, 0.1) is 74.3 Å². The first-order valence-electron chi connectivity index (χ1n) is 46.7. The van der Waals surface area contributed by atoms with Crippen LogP contribution in [-0.2, 0) is 45.5 Å². The molecule has 2 saturated heterocycles. The van der Waals surface area contributed by atoms with Crippen molar-refractivity contribution in [2.45, 2.75) is 277 Å². The molecule has 0 aromatic heterocycles. The number of halogens is 9. The third-order valence-corrected chi connectivity index (χ3v) is 25.0. The number of rotatable bonds is 28. The second-order valence-corrected chi connectivity index (χ2v) is 41.3. The Bertz CT molecular complexity index is 4750. The maximum atomic E-state index is 13.2. The molecule has 0 spiro atoms. The Morgan fingerprint density at radius 1 is 0.521 bits per heavy atom. The minimum atomic E-state index is -1.22. The molecule has 2 aliphatic rings. The quantitative estimate of drug-likeness (QED) is 0.00254. The Morgan fingerprint density at radius 3 is 1.09 bits per heavy atom. The summed E-state index contributed by atoms with van der Waals surface area (Å²) >= 11 is 9.98. The van der Waals surface area contributed by atoms with Crippen LogP contribution in [0.2, 0.25) is 0 Å². The van der Waals surface area contributed by atoms with Crippen molar-refractivity contribution in [2.24, 2.45) is 38.2 Å². The first-order valence-corrected chi connectivity index (χ1v) is 47.6. The van der Waals surface area contributed by atoms with Gasteiger partial charge in [-0.25, -0.2) is 80.4 Å². The smallest absolute Gasteiger partial charge is 1.00 e. The molecule has 0 aliphatic carbocycles. The molecule has 6 aromatic carbocycles. The number of carbonyl (C=O) groups excluding carboxylic acids is 8. The van der Waals surface area contributed by atoms with Crippen LogP contribution in [0.5, 0.6) is 0 Å². The second-order valence-electron chi connectivity index (χ2n) is 40.6. The Balaban J connectivity index is -0.000000216. The van der Waals surface area contributed by atoms with E-state index in [1.165, 1.54) is 137 Å². The van der Waals surface area contributed by atoms with Gasteiger partial charge in [-0.15, -0.1) is 24.8 Å². The number of amides is 4. The summed E-state index contributed by atoms with van der Waals surface area (Å²) in [5.41, 5.74) is 5.72. The third kappa shape index (κ3) is 57.0. The van der Waals surface area contributed by atoms with Crippen LogP contribution in [0.15, 0.2) is 184 Å². The molecular formula is C109H163BBrCl2F6MgN6Na2O18. The minimum Gasteiger partial charge on any atom is -1.00 e. The second kappa shape index (κ2) is 74.2. The van der Waals surface area contributed by atoms with Crippen LogP contribution in [0.3, 0.4) is 0 Å². The third-order valence-electron chi connectivity index (χ3n) is 24.6. The monoisotopic (exact) mass is 2190 g/mol. The van der Waals surface area contributed by atoms with Gasteiger partial charge in [-0.1, -0.05) is 178 Å². The maximum Gasteiger partial charge on any atom is 2.00 e. The molecule has 6 aromatic rings. The predicted octanol–water partition coefficient (Wildman–Crippen LogP) is 16.8. The average molecular weight is 2190 g/mol. The molecule has 146 heavy (non-hydrogen) atoms. The number of alkyl halides is 1. The molecule has 37 heteroatoms. The molecule has 2 heterocycles. The van der Waals surface area contributed by atoms with Gasteiger partial charge < -0.3 is 84.4 Å². The number of ketones is 3. The van der Waals surface area contributed by atoms with Crippen molar-refractivity contribution in [3.05, 3.63) is 259 Å².